The van der Waals surface area contributed by atoms with E-state index in [-0.39, 0.29) is 17.5 Å². The molecule has 3 rings (SSSR count). The zero-order valence-corrected chi connectivity index (χ0v) is 14.4. The Morgan fingerprint density at radius 2 is 1.84 bits per heavy atom. The normalized spacial score (nSPS) is 16.8. The standard InChI is InChI=1S/C21H23NO3/c1-15-5-2-3-6-18(15)19-7-4-14-22(19)20(23)13-10-16-8-11-17(12-9-16)21(24)25/h2-3,5-6,8-9,11-12,19H,4,7,10,13-14H2,1H3,(H,24,25). The molecule has 1 unspecified atom stereocenters. The van der Waals surface area contributed by atoms with E-state index in [4.69, 9.17) is 5.11 Å². The number of carboxylic acids is 1. The quantitative estimate of drug-likeness (QED) is 0.897. The molecule has 0 saturated carbocycles. The molecule has 1 aliphatic rings. The molecule has 1 heterocycles. The van der Waals surface area contributed by atoms with E-state index in [0.29, 0.717) is 12.8 Å². The van der Waals surface area contributed by atoms with Gasteiger partial charge in [0.25, 0.3) is 0 Å². The summed E-state index contributed by atoms with van der Waals surface area (Å²) in [5.74, 6) is -0.756. The Bertz CT molecular complexity index is 767. The Labute approximate surface area is 148 Å². The highest BCUT2D eigenvalue weighted by Gasteiger charge is 2.30. The van der Waals surface area contributed by atoms with Crippen LogP contribution in [-0.4, -0.2) is 28.4 Å². The number of carboxylic acid groups (broad SMARTS) is 1. The van der Waals surface area contributed by atoms with Gasteiger partial charge in [0.2, 0.25) is 5.91 Å². The number of benzene rings is 2. The van der Waals surface area contributed by atoms with Crippen molar-refractivity contribution in [3.63, 3.8) is 0 Å². The molecule has 0 spiro atoms. The number of hydrogen-bond acceptors (Lipinski definition) is 2. The van der Waals surface area contributed by atoms with Crippen LogP contribution in [0.25, 0.3) is 0 Å². The van der Waals surface area contributed by atoms with Gasteiger partial charge in [-0.05, 0) is 55.0 Å². The van der Waals surface area contributed by atoms with Crippen LogP contribution in [0.15, 0.2) is 48.5 Å². The van der Waals surface area contributed by atoms with Crippen molar-refractivity contribution in [2.75, 3.05) is 6.54 Å². The summed E-state index contributed by atoms with van der Waals surface area (Å²) in [7, 11) is 0. The lowest BCUT2D eigenvalue weighted by Crippen LogP contribution is -2.31. The third kappa shape index (κ3) is 3.90. The molecule has 1 fully saturated rings. The van der Waals surface area contributed by atoms with Crippen molar-refractivity contribution in [1.82, 2.24) is 4.90 Å². The number of aromatic carboxylic acids is 1. The molecule has 0 bridgehead atoms. The fraction of sp³-hybridized carbons (Fsp3) is 0.333. The number of amides is 1. The van der Waals surface area contributed by atoms with Crippen molar-refractivity contribution >= 4 is 11.9 Å². The predicted molar refractivity (Wildman–Crippen MR) is 96.6 cm³/mol. The Morgan fingerprint density at radius 1 is 1.12 bits per heavy atom. The van der Waals surface area contributed by atoms with Gasteiger partial charge >= 0.3 is 5.97 Å². The van der Waals surface area contributed by atoms with Crippen LogP contribution in [0, 0.1) is 6.92 Å². The minimum atomic E-state index is -0.930. The number of carbonyl (C=O) groups is 2. The lowest BCUT2D eigenvalue weighted by molar-refractivity contribution is -0.132. The van der Waals surface area contributed by atoms with Crippen LogP contribution in [-0.2, 0) is 11.2 Å². The summed E-state index contributed by atoms with van der Waals surface area (Å²) in [6.45, 7) is 2.91. The molecule has 1 aliphatic heterocycles. The van der Waals surface area contributed by atoms with Crippen LogP contribution >= 0.6 is 0 Å². The first-order valence-electron chi connectivity index (χ1n) is 8.73. The highest BCUT2D eigenvalue weighted by atomic mass is 16.4. The largest absolute Gasteiger partial charge is 0.478 e. The first-order valence-corrected chi connectivity index (χ1v) is 8.73. The molecule has 4 heteroatoms. The molecule has 1 saturated heterocycles. The highest BCUT2D eigenvalue weighted by Crippen LogP contribution is 2.34. The van der Waals surface area contributed by atoms with Crippen molar-refractivity contribution in [3.8, 4) is 0 Å². The zero-order valence-electron chi connectivity index (χ0n) is 14.4. The SMILES string of the molecule is Cc1ccccc1C1CCCN1C(=O)CCc1ccc(C(=O)O)cc1. The van der Waals surface area contributed by atoms with Crippen molar-refractivity contribution in [3.05, 3.63) is 70.8 Å². The van der Waals surface area contributed by atoms with Crippen LogP contribution in [0.4, 0.5) is 0 Å². The predicted octanol–water partition coefficient (Wildman–Crippen LogP) is 3.99. The second kappa shape index (κ2) is 7.51. The van der Waals surface area contributed by atoms with Crippen LogP contribution in [0.1, 0.15) is 52.4 Å². The van der Waals surface area contributed by atoms with Gasteiger partial charge in [0.1, 0.15) is 0 Å². The van der Waals surface area contributed by atoms with Gasteiger partial charge in [-0.15, -0.1) is 0 Å². The third-order valence-corrected chi connectivity index (χ3v) is 4.95. The van der Waals surface area contributed by atoms with Crippen molar-refractivity contribution in [2.45, 2.75) is 38.6 Å². The van der Waals surface area contributed by atoms with Crippen LogP contribution in [0.3, 0.4) is 0 Å². The smallest absolute Gasteiger partial charge is 0.335 e. The molecule has 0 aromatic heterocycles. The van der Waals surface area contributed by atoms with E-state index in [1.54, 1.807) is 24.3 Å². The topological polar surface area (TPSA) is 57.6 Å². The Morgan fingerprint density at radius 3 is 2.52 bits per heavy atom. The molecule has 1 atom stereocenters. The van der Waals surface area contributed by atoms with Gasteiger partial charge in [0, 0.05) is 13.0 Å². The lowest BCUT2D eigenvalue weighted by Gasteiger charge is -2.26. The molecule has 130 valence electrons. The van der Waals surface area contributed by atoms with Gasteiger partial charge in [-0.2, -0.15) is 0 Å². The number of carbonyl (C=O) groups excluding carboxylic acids is 1. The first-order chi connectivity index (χ1) is 12.1. The minimum absolute atomic E-state index is 0.174. The van der Waals surface area contributed by atoms with Gasteiger partial charge in [-0.1, -0.05) is 36.4 Å². The van der Waals surface area contributed by atoms with Crippen molar-refractivity contribution in [2.24, 2.45) is 0 Å². The molecule has 2 aromatic carbocycles. The van der Waals surface area contributed by atoms with Gasteiger partial charge in [-0.25, -0.2) is 4.79 Å². The maximum absolute atomic E-state index is 12.7. The fourth-order valence-corrected chi connectivity index (χ4v) is 3.56. The summed E-state index contributed by atoms with van der Waals surface area (Å²) >= 11 is 0. The van der Waals surface area contributed by atoms with Crippen molar-refractivity contribution in [1.29, 1.82) is 0 Å². The molecule has 25 heavy (non-hydrogen) atoms. The summed E-state index contributed by atoms with van der Waals surface area (Å²) in [6.07, 6.45) is 3.15. The summed E-state index contributed by atoms with van der Waals surface area (Å²) in [4.78, 5) is 25.6. The molecule has 2 aromatic rings. The number of rotatable bonds is 5. The molecular weight excluding hydrogens is 314 g/mol. The van der Waals surface area contributed by atoms with Gasteiger partial charge < -0.3 is 10.0 Å². The van der Waals surface area contributed by atoms with Gasteiger partial charge in [0.15, 0.2) is 0 Å². The lowest BCUT2D eigenvalue weighted by atomic mass is 9.99. The number of hydrogen-bond donors (Lipinski definition) is 1. The number of aryl methyl sites for hydroxylation is 2. The number of nitrogens with zero attached hydrogens (tertiary/aromatic N) is 1. The third-order valence-electron chi connectivity index (χ3n) is 4.95. The van der Waals surface area contributed by atoms with Crippen LogP contribution in [0.5, 0.6) is 0 Å². The molecule has 1 amide bonds. The summed E-state index contributed by atoms with van der Waals surface area (Å²) in [5.41, 5.74) is 3.75. The van der Waals surface area contributed by atoms with Gasteiger partial charge in [-0.3, -0.25) is 4.79 Å². The summed E-state index contributed by atoms with van der Waals surface area (Å²) in [6, 6.07) is 15.2. The maximum atomic E-state index is 12.7. The Kier molecular flexibility index (Phi) is 5.17. The molecule has 0 radical (unpaired) electrons. The fourth-order valence-electron chi connectivity index (χ4n) is 3.56. The minimum Gasteiger partial charge on any atom is -0.478 e. The van der Waals surface area contributed by atoms with E-state index in [0.717, 1.165) is 24.9 Å². The average Bonchev–Trinajstić information content (AvgIpc) is 3.10. The first kappa shape index (κ1) is 17.2. The highest BCUT2D eigenvalue weighted by molar-refractivity contribution is 5.87. The summed E-state index contributed by atoms with van der Waals surface area (Å²) < 4.78 is 0. The molecular formula is C21H23NO3. The van der Waals surface area contributed by atoms with E-state index in [1.165, 1.54) is 11.1 Å². The second-order valence-corrected chi connectivity index (χ2v) is 6.60. The molecule has 1 N–H and O–H groups in total. The van der Waals surface area contributed by atoms with Crippen LogP contribution in [0.2, 0.25) is 0 Å². The zero-order chi connectivity index (χ0) is 17.8. The average molecular weight is 337 g/mol. The maximum Gasteiger partial charge on any atom is 0.335 e. The van der Waals surface area contributed by atoms with E-state index < -0.39 is 5.97 Å². The Hall–Kier alpha value is -2.62. The van der Waals surface area contributed by atoms with E-state index in [1.807, 2.05) is 17.0 Å². The molecule has 4 nitrogen and oxygen atoms in total. The van der Waals surface area contributed by atoms with Crippen LogP contribution < -0.4 is 0 Å². The van der Waals surface area contributed by atoms with E-state index in [9.17, 15) is 9.59 Å². The molecule has 0 aliphatic carbocycles. The summed E-state index contributed by atoms with van der Waals surface area (Å²) in [5, 5.41) is 8.94. The van der Waals surface area contributed by atoms with E-state index in [2.05, 4.69) is 19.1 Å². The monoisotopic (exact) mass is 337 g/mol. The Balaban J connectivity index is 1.64. The van der Waals surface area contributed by atoms with E-state index >= 15 is 0 Å². The van der Waals surface area contributed by atoms with Crippen molar-refractivity contribution < 1.29 is 14.7 Å². The second-order valence-electron chi connectivity index (χ2n) is 6.60. The number of likely N-dealkylation sites (tertiary alicyclic amines) is 1. The van der Waals surface area contributed by atoms with Gasteiger partial charge in [0.05, 0.1) is 11.6 Å².